The van der Waals surface area contributed by atoms with Gasteiger partial charge < -0.3 is 15.2 Å². The topological polar surface area (TPSA) is 83.0 Å². The second kappa shape index (κ2) is 7.54. The standard InChI is InChI=1S/C21H22FN5O2/c1-13(18-11-24-27(14(18)2)17-5-3-16(22)4-6-17)25-21(29)26-10-8-15-7-9-23-20(28)19(15)12-26/h3-7,9,11,13H,8,10,12H2,1-2H3,(H,23,28)(H,25,29). The van der Waals surface area contributed by atoms with E-state index in [-0.39, 0.29) is 30.0 Å². The molecule has 2 aromatic heterocycles. The summed E-state index contributed by atoms with van der Waals surface area (Å²) in [6, 6.07) is 7.49. The molecule has 3 heterocycles. The van der Waals surface area contributed by atoms with Gasteiger partial charge in [-0.1, -0.05) is 0 Å². The maximum atomic E-state index is 13.2. The third-order valence-corrected chi connectivity index (χ3v) is 5.37. The van der Waals surface area contributed by atoms with Crippen LogP contribution in [0.3, 0.4) is 0 Å². The molecule has 0 bridgehead atoms. The minimum absolute atomic E-state index is 0.149. The molecule has 0 aliphatic carbocycles. The van der Waals surface area contributed by atoms with E-state index in [1.165, 1.54) is 12.1 Å². The van der Waals surface area contributed by atoms with Gasteiger partial charge in [0.2, 0.25) is 0 Å². The molecule has 0 saturated carbocycles. The van der Waals surface area contributed by atoms with Crippen molar-refractivity contribution in [3.63, 3.8) is 0 Å². The Morgan fingerprint density at radius 2 is 2.03 bits per heavy atom. The summed E-state index contributed by atoms with van der Waals surface area (Å²) < 4.78 is 14.9. The van der Waals surface area contributed by atoms with Crippen molar-refractivity contribution < 1.29 is 9.18 Å². The Morgan fingerprint density at radius 3 is 2.79 bits per heavy atom. The lowest BCUT2D eigenvalue weighted by Gasteiger charge is -2.29. The van der Waals surface area contributed by atoms with Crippen molar-refractivity contribution in [2.45, 2.75) is 32.9 Å². The molecule has 1 aromatic carbocycles. The predicted octanol–water partition coefficient (Wildman–Crippen LogP) is 2.84. The molecule has 4 rings (SSSR count). The lowest BCUT2D eigenvalue weighted by molar-refractivity contribution is 0.189. The maximum absolute atomic E-state index is 13.2. The molecule has 3 aromatic rings. The first-order valence-electron chi connectivity index (χ1n) is 9.49. The van der Waals surface area contributed by atoms with Gasteiger partial charge in [0.25, 0.3) is 5.56 Å². The van der Waals surface area contributed by atoms with Gasteiger partial charge in [0.15, 0.2) is 0 Å². The fraction of sp³-hybridized carbons (Fsp3) is 0.286. The summed E-state index contributed by atoms with van der Waals surface area (Å²) in [6.45, 7) is 4.65. The first-order valence-corrected chi connectivity index (χ1v) is 9.49. The largest absolute Gasteiger partial charge is 0.331 e. The molecule has 8 heteroatoms. The van der Waals surface area contributed by atoms with Crippen molar-refractivity contribution in [3.05, 3.63) is 81.3 Å². The monoisotopic (exact) mass is 395 g/mol. The minimum Gasteiger partial charge on any atom is -0.331 e. The van der Waals surface area contributed by atoms with E-state index in [1.807, 2.05) is 19.9 Å². The molecule has 1 aliphatic heterocycles. The zero-order chi connectivity index (χ0) is 20.5. The van der Waals surface area contributed by atoms with E-state index < -0.39 is 0 Å². The molecule has 0 radical (unpaired) electrons. The van der Waals surface area contributed by atoms with Crippen LogP contribution in [0.25, 0.3) is 5.69 Å². The van der Waals surface area contributed by atoms with Crippen LogP contribution in [0.2, 0.25) is 0 Å². The Bertz CT molecular complexity index is 1100. The Kier molecular flexibility index (Phi) is 4.92. The number of H-pyrrole nitrogens is 1. The van der Waals surface area contributed by atoms with Gasteiger partial charge >= 0.3 is 6.03 Å². The highest BCUT2D eigenvalue weighted by atomic mass is 19.1. The smallest absolute Gasteiger partial charge is 0.318 e. The summed E-state index contributed by atoms with van der Waals surface area (Å²) in [5, 5.41) is 7.37. The first-order chi connectivity index (χ1) is 13.9. The molecule has 0 fully saturated rings. The molecule has 150 valence electrons. The fourth-order valence-electron chi connectivity index (χ4n) is 3.70. The van der Waals surface area contributed by atoms with Crippen molar-refractivity contribution in [2.75, 3.05) is 6.54 Å². The van der Waals surface area contributed by atoms with Crippen LogP contribution in [0.5, 0.6) is 0 Å². The number of aromatic nitrogens is 3. The van der Waals surface area contributed by atoms with E-state index in [9.17, 15) is 14.0 Å². The van der Waals surface area contributed by atoms with Crippen molar-refractivity contribution in [3.8, 4) is 5.69 Å². The van der Waals surface area contributed by atoms with Crippen LogP contribution < -0.4 is 10.9 Å². The van der Waals surface area contributed by atoms with Crippen molar-refractivity contribution in [1.29, 1.82) is 0 Å². The van der Waals surface area contributed by atoms with Crippen LogP contribution in [0.1, 0.15) is 35.3 Å². The highest BCUT2D eigenvalue weighted by Gasteiger charge is 2.24. The van der Waals surface area contributed by atoms with E-state index in [0.29, 0.717) is 18.5 Å². The third kappa shape index (κ3) is 3.65. The number of carbonyl (C=O) groups is 1. The van der Waals surface area contributed by atoms with Crippen molar-refractivity contribution >= 4 is 6.03 Å². The van der Waals surface area contributed by atoms with Gasteiger partial charge in [-0.25, -0.2) is 13.9 Å². The molecule has 1 aliphatic rings. The third-order valence-electron chi connectivity index (χ3n) is 5.37. The van der Waals surface area contributed by atoms with E-state index in [1.54, 1.807) is 34.1 Å². The highest BCUT2D eigenvalue weighted by Crippen LogP contribution is 2.21. The zero-order valence-electron chi connectivity index (χ0n) is 16.3. The summed E-state index contributed by atoms with van der Waals surface area (Å²) in [5.41, 5.74) is 3.97. The molecule has 29 heavy (non-hydrogen) atoms. The number of pyridine rings is 1. The number of nitrogens with one attached hydrogen (secondary N) is 2. The quantitative estimate of drug-likeness (QED) is 0.715. The number of halogens is 1. The molecule has 2 N–H and O–H groups in total. The number of fused-ring (bicyclic) bond motifs is 1. The lowest BCUT2D eigenvalue weighted by Crippen LogP contribution is -2.45. The number of nitrogens with zero attached hydrogens (tertiary/aromatic N) is 3. The lowest BCUT2D eigenvalue weighted by atomic mass is 10.0. The van der Waals surface area contributed by atoms with E-state index in [4.69, 9.17) is 0 Å². The van der Waals surface area contributed by atoms with E-state index >= 15 is 0 Å². The summed E-state index contributed by atoms with van der Waals surface area (Å²) in [6.07, 6.45) is 4.00. The van der Waals surface area contributed by atoms with Crippen LogP contribution >= 0.6 is 0 Å². The summed E-state index contributed by atoms with van der Waals surface area (Å²) >= 11 is 0. The molecular weight excluding hydrogens is 373 g/mol. The Morgan fingerprint density at radius 1 is 1.28 bits per heavy atom. The number of benzene rings is 1. The van der Waals surface area contributed by atoms with Gasteiger partial charge in [-0.2, -0.15) is 5.10 Å². The number of aromatic amines is 1. The Balaban J connectivity index is 1.48. The predicted molar refractivity (Wildman–Crippen MR) is 106 cm³/mol. The molecular formula is C21H22FN5O2. The summed E-state index contributed by atoms with van der Waals surface area (Å²) in [7, 11) is 0. The van der Waals surface area contributed by atoms with Gasteiger partial charge in [0, 0.05) is 29.6 Å². The molecule has 1 atom stereocenters. The first kappa shape index (κ1) is 18.9. The van der Waals surface area contributed by atoms with Gasteiger partial charge in [0.05, 0.1) is 24.5 Å². The number of hydrogen-bond donors (Lipinski definition) is 2. The number of rotatable bonds is 3. The molecule has 2 amide bonds. The second-order valence-corrected chi connectivity index (χ2v) is 7.23. The summed E-state index contributed by atoms with van der Waals surface area (Å²) in [5.74, 6) is -0.304. The van der Waals surface area contributed by atoms with Crippen LogP contribution in [0, 0.1) is 12.7 Å². The SMILES string of the molecule is Cc1c(C(C)NC(=O)N2CCc3cc[nH]c(=O)c3C2)cnn1-c1ccc(F)cc1. The zero-order valence-corrected chi connectivity index (χ0v) is 16.3. The Hall–Kier alpha value is -3.42. The maximum Gasteiger partial charge on any atom is 0.318 e. The number of amides is 2. The van der Waals surface area contributed by atoms with Crippen molar-refractivity contribution in [2.24, 2.45) is 0 Å². The van der Waals surface area contributed by atoms with Crippen LogP contribution in [-0.4, -0.2) is 32.2 Å². The van der Waals surface area contributed by atoms with Gasteiger partial charge in [-0.15, -0.1) is 0 Å². The second-order valence-electron chi connectivity index (χ2n) is 7.23. The number of carbonyl (C=O) groups excluding carboxylic acids is 1. The summed E-state index contributed by atoms with van der Waals surface area (Å²) in [4.78, 5) is 29.1. The Labute approximate surface area is 167 Å². The van der Waals surface area contributed by atoms with Gasteiger partial charge in [-0.3, -0.25) is 4.79 Å². The molecule has 7 nitrogen and oxygen atoms in total. The van der Waals surface area contributed by atoms with Gasteiger partial charge in [-0.05, 0) is 56.2 Å². The van der Waals surface area contributed by atoms with Gasteiger partial charge in [0.1, 0.15) is 5.82 Å². The average molecular weight is 395 g/mol. The minimum atomic E-state index is -0.304. The highest BCUT2D eigenvalue weighted by molar-refractivity contribution is 5.75. The average Bonchev–Trinajstić information content (AvgIpc) is 3.10. The molecule has 0 saturated heterocycles. The number of urea groups is 1. The van der Waals surface area contributed by atoms with E-state index in [2.05, 4.69) is 15.4 Å². The van der Waals surface area contributed by atoms with E-state index in [0.717, 1.165) is 22.5 Å². The van der Waals surface area contributed by atoms with Crippen LogP contribution in [0.15, 0.2) is 47.5 Å². The fourth-order valence-corrected chi connectivity index (χ4v) is 3.70. The normalized spacial score (nSPS) is 14.4. The molecule has 1 unspecified atom stereocenters. The van der Waals surface area contributed by atoms with Crippen LogP contribution in [0.4, 0.5) is 9.18 Å². The van der Waals surface area contributed by atoms with Crippen LogP contribution in [-0.2, 0) is 13.0 Å². The number of hydrogen-bond acceptors (Lipinski definition) is 3. The molecule has 0 spiro atoms. The van der Waals surface area contributed by atoms with Crippen molar-refractivity contribution in [1.82, 2.24) is 25.0 Å².